The maximum Gasteiger partial charge on any atom is 0.253 e. The molecule has 0 fully saturated rings. The lowest BCUT2D eigenvalue weighted by Gasteiger charge is -2.16. The Bertz CT molecular complexity index is 442. The van der Waals surface area contributed by atoms with Gasteiger partial charge in [-0.05, 0) is 18.9 Å². The van der Waals surface area contributed by atoms with Crippen LogP contribution in [0.2, 0.25) is 0 Å². The maximum atomic E-state index is 11.6. The number of carbonyl (C=O) groups is 4. The summed E-state index contributed by atoms with van der Waals surface area (Å²) in [6.07, 6.45) is 4.61. The number of rotatable bonds is 8. The highest BCUT2D eigenvalue weighted by Gasteiger charge is 2.26. The first-order valence-corrected chi connectivity index (χ1v) is 6.23. The van der Waals surface area contributed by atoms with Crippen LogP contribution in [0.1, 0.15) is 36.5 Å². The molecule has 114 valence electrons. The number of allylic oxidation sites excluding steroid dienone is 1. The molecule has 1 rings (SSSR count). The number of hydrogen-bond donors (Lipinski definition) is 0. The van der Waals surface area contributed by atoms with Gasteiger partial charge in [-0.1, -0.05) is 20.9 Å². The summed E-state index contributed by atoms with van der Waals surface area (Å²) in [5, 5.41) is 0. The van der Waals surface area contributed by atoms with Crippen LogP contribution in [0.15, 0.2) is 24.8 Å². The lowest BCUT2D eigenvalue weighted by molar-refractivity contribution is -0.136. The van der Waals surface area contributed by atoms with Gasteiger partial charge in [0.25, 0.3) is 11.8 Å². The third-order valence-electron chi connectivity index (χ3n) is 3.06. The van der Waals surface area contributed by atoms with Gasteiger partial charge in [-0.15, -0.1) is 0 Å². The van der Waals surface area contributed by atoms with Crippen LogP contribution >= 0.6 is 0 Å². The summed E-state index contributed by atoms with van der Waals surface area (Å²) in [5.74, 6) is -1.84. The van der Waals surface area contributed by atoms with Crippen LogP contribution in [-0.4, -0.2) is 34.8 Å². The highest BCUT2D eigenvalue weighted by Crippen LogP contribution is 2.14. The molecule has 0 aromatic heterocycles. The van der Waals surface area contributed by atoms with Crippen molar-refractivity contribution in [2.75, 3.05) is 6.54 Å². The Morgan fingerprint density at radius 2 is 1.90 bits per heavy atom. The first-order valence-electron chi connectivity index (χ1n) is 6.23. The van der Waals surface area contributed by atoms with Gasteiger partial charge in [-0.2, -0.15) is 0 Å². The van der Waals surface area contributed by atoms with Gasteiger partial charge in [0.05, 0.1) is 5.92 Å². The van der Waals surface area contributed by atoms with E-state index in [-0.39, 0.29) is 46.6 Å². The van der Waals surface area contributed by atoms with Gasteiger partial charge in [0.15, 0.2) is 5.78 Å². The van der Waals surface area contributed by atoms with E-state index in [0.29, 0.717) is 12.8 Å². The lowest BCUT2D eigenvalue weighted by Crippen LogP contribution is -2.32. The molecule has 0 N–H and O–H groups in total. The number of Topliss-reactive ketones (excluding diaryl/α,β-unsaturated/α-hetero) is 1. The van der Waals surface area contributed by atoms with E-state index in [1.54, 1.807) is 6.92 Å². The maximum absolute atomic E-state index is 11.6. The van der Waals surface area contributed by atoms with Crippen LogP contribution in [0.25, 0.3) is 0 Å². The SMILES string of the molecule is C.C=CC(=O)C(CCCN1C(=O)C=CC1=O)C(=O)CC.[HH].[HH]. The van der Waals surface area contributed by atoms with E-state index in [2.05, 4.69) is 6.58 Å². The van der Waals surface area contributed by atoms with Crippen molar-refractivity contribution >= 4 is 23.4 Å². The summed E-state index contributed by atoms with van der Waals surface area (Å²) in [4.78, 5) is 46.9. The molecule has 1 unspecified atom stereocenters. The molecule has 0 radical (unpaired) electrons. The molecule has 1 aliphatic rings. The van der Waals surface area contributed by atoms with Gasteiger partial charge < -0.3 is 0 Å². The zero-order valence-corrected chi connectivity index (χ0v) is 10.9. The minimum Gasteiger partial charge on any atom is -0.299 e. The van der Waals surface area contributed by atoms with Gasteiger partial charge in [0.2, 0.25) is 0 Å². The third-order valence-corrected chi connectivity index (χ3v) is 3.06. The minimum atomic E-state index is -0.705. The van der Waals surface area contributed by atoms with E-state index in [1.807, 2.05) is 0 Å². The van der Waals surface area contributed by atoms with E-state index < -0.39 is 5.92 Å². The summed E-state index contributed by atoms with van der Waals surface area (Å²) in [5.41, 5.74) is 0. The molecule has 1 heterocycles. The Morgan fingerprint density at radius 3 is 2.35 bits per heavy atom. The van der Waals surface area contributed by atoms with Gasteiger partial charge >= 0.3 is 0 Å². The normalized spacial score (nSPS) is 14.9. The topological polar surface area (TPSA) is 71.5 Å². The first-order chi connectivity index (χ1) is 9.01. The molecule has 0 bridgehead atoms. The minimum absolute atomic E-state index is 0. The Morgan fingerprint density at radius 1 is 1.35 bits per heavy atom. The largest absolute Gasteiger partial charge is 0.299 e. The van der Waals surface area contributed by atoms with E-state index in [4.69, 9.17) is 0 Å². The quantitative estimate of drug-likeness (QED) is 0.389. The number of amides is 2. The molecule has 1 aliphatic heterocycles. The first kappa shape index (κ1) is 18.0. The number of imide groups is 1. The fourth-order valence-corrected chi connectivity index (χ4v) is 1.96. The molecule has 5 nitrogen and oxygen atoms in total. The van der Waals surface area contributed by atoms with Crippen molar-refractivity contribution in [3.63, 3.8) is 0 Å². The molecule has 0 aromatic rings. The number of carbonyl (C=O) groups excluding carboxylic acids is 4. The molecule has 0 spiro atoms. The van der Waals surface area contributed by atoms with Crippen molar-refractivity contribution in [2.24, 2.45) is 5.92 Å². The van der Waals surface area contributed by atoms with Gasteiger partial charge in [0.1, 0.15) is 5.78 Å². The zero-order valence-electron chi connectivity index (χ0n) is 10.9. The highest BCUT2D eigenvalue weighted by molar-refractivity contribution is 6.12. The van der Waals surface area contributed by atoms with E-state index >= 15 is 0 Å². The van der Waals surface area contributed by atoms with Crippen LogP contribution in [0.3, 0.4) is 0 Å². The molecule has 5 heteroatoms. The highest BCUT2D eigenvalue weighted by atomic mass is 16.2. The molecule has 20 heavy (non-hydrogen) atoms. The van der Waals surface area contributed by atoms with Gasteiger partial charge in [-0.3, -0.25) is 24.1 Å². The van der Waals surface area contributed by atoms with Crippen molar-refractivity contribution in [1.82, 2.24) is 4.90 Å². The number of hydrogen-bond acceptors (Lipinski definition) is 4. The van der Waals surface area contributed by atoms with Gasteiger partial charge in [0, 0.05) is 28.0 Å². The Balaban J connectivity index is -0.00000120. The Hall–Kier alpha value is -2.04. The summed E-state index contributed by atoms with van der Waals surface area (Å²) < 4.78 is 0. The molecule has 0 saturated carbocycles. The van der Waals surface area contributed by atoms with Crippen molar-refractivity contribution in [2.45, 2.75) is 33.6 Å². The van der Waals surface area contributed by atoms with Gasteiger partial charge in [-0.25, -0.2) is 0 Å². The van der Waals surface area contributed by atoms with Crippen LogP contribution in [0.5, 0.6) is 0 Å². The summed E-state index contributed by atoms with van der Waals surface area (Å²) >= 11 is 0. The van der Waals surface area contributed by atoms with Crippen molar-refractivity contribution in [1.29, 1.82) is 0 Å². The summed E-state index contributed by atoms with van der Waals surface area (Å²) in [6.45, 7) is 5.30. The molecule has 1 atom stereocenters. The number of nitrogens with zero attached hydrogens (tertiary/aromatic N) is 1. The Labute approximate surface area is 122 Å². The van der Waals surface area contributed by atoms with Crippen molar-refractivity contribution in [3.8, 4) is 0 Å². The average molecular weight is 283 g/mol. The van der Waals surface area contributed by atoms with Crippen molar-refractivity contribution < 1.29 is 22.0 Å². The van der Waals surface area contributed by atoms with Crippen LogP contribution in [0.4, 0.5) is 0 Å². The van der Waals surface area contributed by atoms with E-state index in [0.717, 1.165) is 11.0 Å². The second-order valence-electron chi connectivity index (χ2n) is 4.28. The third kappa shape index (κ3) is 4.26. The second kappa shape index (κ2) is 8.19. The summed E-state index contributed by atoms with van der Waals surface area (Å²) in [6, 6.07) is 0. The monoisotopic (exact) mass is 283 g/mol. The predicted octanol–water partition coefficient (Wildman–Crippen LogP) is 2.17. The molecule has 0 saturated heterocycles. The zero-order chi connectivity index (χ0) is 14.4. The standard InChI is InChI=1S/C14H17NO4.CH4.2H2/c1-3-11(16)10(12(17)4-2)6-5-9-15-13(18)7-8-14(15)19;;;/h3,7-8,10H,1,4-6,9H2,2H3;1H4;2*1H. The molecular formula is C15H25NO4. The second-order valence-corrected chi connectivity index (χ2v) is 4.28. The van der Waals surface area contributed by atoms with Crippen LogP contribution in [0, 0.1) is 5.92 Å². The smallest absolute Gasteiger partial charge is 0.253 e. The molecular weight excluding hydrogens is 258 g/mol. The predicted molar refractivity (Wildman–Crippen MR) is 80.0 cm³/mol. The van der Waals surface area contributed by atoms with E-state index in [1.165, 1.54) is 12.2 Å². The number of ketones is 2. The van der Waals surface area contributed by atoms with Crippen LogP contribution in [-0.2, 0) is 19.2 Å². The molecule has 0 aliphatic carbocycles. The fraction of sp³-hybridized carbons (Fsp3) is 0.467. The van der Waals surface area contributed by atoms with Crippen LogP contribution < -0.4 is 0 Å². The Kier molecular flexibility index (Phi) is 7.36. The molecule has 0 aromatic carbocycles. The van der Waals surface area contributed by atoms with E-state index in [9.17, 15) is 19.2 Å². The van der Waals surface area contributed by atoms with Crippen molar-refractivity contribution in [3.05, 3.63) is 24.8 Å². The fourth-order valence-electron chi connectivity index (χ4n) is 1.96. The average Bonchev–Trinajstić information content (AvgIpc) is 2.73. The molecule has 2 amide bonds. The lowest BCUT2D eigenvalue weighted by atomic mass is 9.92. The summed E-state index contributed by atoms with van der Waals surface area (Å²) in [7, 11) is 0.